The maximum atomic E-state index is 12.4. The number of aliphatic hydroxyl groups excluding tert-OH is 1. The van der Waals surface area contributed by atoms with Crippen LogP contribution in [0.15, 0.2) is 53.6 Å². The maximum absolute atomic E-state index is 12.4. The first-order valence-corrected chi connectivity index (χ1v) is 8.33. The average Bonchev–Trinajstić information content (AvgIpc) is 2.59. The molecule has 1 aromatic heterocycles. The van der Waals surface area contributed by atoms with Gasteiger partial charge in [0, 0.05) is 25.4 Å². The second kappa shape index (κ2) is 7.32. The molecule has 23 heavy (non-hydrogen) atoms. The van der Waals surface area contributed by atoms with Crippen molar-refractivity contribution < 1.29 is 18.3 Å². The Morgan fingerprint density at radius 1 is 1.22 bits per heavy atom. The van der Waals surface area contributed by atoms with E-state index < -0.39 is 10.0 Å². The molecule has 2 aromatic rings. The predicted octanol–water partition coefficient (Wildman–Crippen LogP) is 0.629. The van der Waals surface area contributed by atoms with E-state index in [0.717, 1.165) is 0 Å². The molecule has 0 spiro atoms. The van der Waals surface area contributed by atoms with Gasteiger partial charge in [0.25, 0.3) is 5.91 Å². The number of carbonyl (C=O) groups excluding carboxylic acids is 1. The molecule has 1 heterocycles. The summed E-state index contributed by atoms with van der Waals surface area (Å²) < 4.78 is 26.0. The van der Waals surface area contributed by atoms with Crippen LogP contribution >= 0.6 is 0 Å². The number of pyridine rings is 1. The van der Waals surface area contributed by atoms with Gasteiger partial charge in [-0.25, -0.2) is 18.1 Å². The molecule has 1 amide bonds. The number of nitrogens with one attached hydrogen (secondary N) is 1. The van der Waals surface area contributed by atoms with Crippen molar-refractivity contribution in [1.82, 2.24) is 9.71 Å². The Hall–Kier alpha value is -2.29. The molecule has 2 N–H and O–H groups in total. The zero-order chi connectivity index (χ0) is 16.9. The summed E-state index contributed by atoms with van der Waals surface area (Å²) in [6, 6.07) is 10.8. The molecule has 0 aliphatic rings. The van der Waals surface area contributed by atoms with Crippen molar-refractivity contribution in [1.29, 1.82) is 0 Å². The fourth-order valence-corrected chi connectivity index (χ4v) is 2.91. The van der Waals surface area contributed by atoms with Crippen molar-refractivity contribution in [2.24, 2.45) is 0 Å². The smallest absolute Gasteiger partial charge is 0.259 e. The molecular weight excluding hydrogens is 318 g/mol. The number of aliphatic hydroxyl groups is 1. The van der Waals surface area contributed by atoms with Crippen molar-refractivity contribution in [2.75, 3.05) is 25.1 Å². The summed E-state index contributed by atoms with van der Waals surface area (Å²) in [5, 5.41) is 8.68. The second-order valence-electron chi connectivity index (χ2n) is 4.70. The lowest BCUT2D eigenvalue weighted by Gasteiger charge is -2.16. The van der Waals surface area contributed by atoms with Crippen LogP contribution in [-0.4, -0.2) is 44.6 Å². The van der Waals surface area contributed by atoms with Crippen LogP contribution in [0.25, 0.3) is 0 Å². The first-order valence-electron chi connectivity index (χ1n) is 6.85. The van der Waals surface area contributed by atoms with Crippen LogP contribution in [0.1, 0.15) is 10.4 Å². The van der Waals surface area contributed by atoms with E-state index in [1.54, 1.807) is 31.4 Å². The van der Waals surface area contributed by atoms with E-state index in [9.17, 15) is 13.2 Å². The van der Waals surface area contributed by atoms with Crippen molar-refractivity contribution in [3.05, 3.63) is 54.2 Å². The molecule has 0 radical (unpaired) electrons. The Labute approximate surface area is 134 Å². The quantitative estimate of drug-likeness (QED) is 0.806. The molecule has 0 unspecified atom stereocenters. The summed E-state index contributed by atoms with van der Waals surface area (Å²) in [7, 11) is -2.09. The normalized spacial score (nSPS) is 11.2. The highest BCUT2D eigenvalue weighted by molar-refractivity contribution is 7.89. The largest absolute Gasteiger partial charge is 0.395 e. The first kappa shape index (κ1) is 17.1. The maximum Gasteiger partial charge on any atom is 0.259 e. The summed E-state index contributed by atoms with van der Waals surface area (Å²) in [5.41, 5.74) is 0.347. The molecule has 0 fully saturated rings. The Kier molecular flexibility index (Phi) is 5.43. The lowest BCUT2D eigenvalue weighted by Crippen LogP contribution is -2.28. The predicted molar refractivity (Wildman–Crippen MR) is 85.7 cm³/mol. The Morgan fingerprint density at radius 2 is 1.91 bits per heavy atom. The Bertz CT molecular complexity index is 761. The highest BCUT2D eigenvalue weighted by atomic mass is 32.2. The summed E-state index contributed by atoms with van der Waals surface area (Å²) >= 11 is 0. The van der Waals surface area contributed by atoms with E-state index in [0.29, 0.717) is 11.4 Å². The minimum absolute atomic E-state index is 0.0305. The zero-order valence-corrected chi connectivity index (χ0v) is 13.3. The number of anilines is 1. The second-order valence-corrected chi connectivity index (χ2v) is 6.46. The first-order chi connectivity index (χ1) is 11.0. The molecule has 0 atom stereocenters. The highest BCUT2D eigenvalue weighted by Gasteiger charge is 2.17. The standard InChI is InChI=1S/C15H17N3O4S/c1-18(14-4-2-3-9-16-14)15(20)12-5-7-13(8-6-12)23(21,22)17-10-11-19/h2-9,17,19H,10-11H2,1H3. The topological polar surface area (TPSA) is 99.6 Å². The zero-order valence-electron chi connectivity index (χ0n) is 12.5. The van der Waals surface area contributed by atoms with Crippen LogP contribution in [-0.2, 0) is 10.0 Å². The van der Waals surface area contributed by atoms with E-state index in [2.05, 4.69) is 9.71 Å². The van der Waals surface area contributed by atoms with E-state index >= 15 is 0 Å². The molecule has 122 valence electrons. The van der Waals surface area contributed by atoms with Gasteiger partial charge in [-0.15, -0.1) is 0 Å². The van der Waals surface area contributed by atoms with Crippen LogP contribution in [0.4, 0.5) is 5.82 Å². The lowest BCUT2D eigenvalue weighted by atomic mass is 10.2. The third-order valence-electron chi connectivity index (χ3n) is 3.11. The van der Waals surface area contributed by atoms with Gasteiger partial charge in [0.05, 0.1) is 11.5 Å². The number of hydrogen-bond donors (Lipinski definition) is 2. The van der Waals surface area contributed by atoms with Gasteiger partial charge in [0.15, 0.2) is 0 Å². The number of carbonyl (C=O) groups is 1. The molecule has 0 bridgehead atoms. The molecule has 2 rings (SSSR count). The lowest BCUT2D eigenvalue weighted by molar-refractivity contribution is 0.0992. The van der Waals surface area contributed by atoms with Crippen molar-refractivity contribution in [3.8, 4) is 0 Å². The van der Waals surface area contributed by atoms with Gasteiger partial charge in [-0.3, -0.25) is 9.69 Å². The third kappa shape index (κ3) is 4.13. The van der Waals surface area contributed by atoms with Crippen molar-refractivity contribution in [2.45, 2.75) is 4.90 Å². The number of sulfonamides is 1. The van der Waals surface area contributed by atoms with Crippen LogP contribution in [0.2, 0.25) is 0 Å². The van der Waals surface area contributed by atoms with E-state index in [1.165, 1.54) is 29.2 Å². The molecule has 0 aliphatic heterocycles. The van der Waals surface area contributed by atoms with Crippen LogP contribution in [0.3, 0.4) is 0 Å². The van der Waals surface area contributed by atoms with Gasteiger partial charge in [-0.05, 0) is 36.4 Å². The van der Waals surface area contributed by atoms with Gasteiger partial charge in [0.1, 0.15) is 5.82 Å². The Morgan fingerprint density at radius 3 is 2.48 bits per heavy atom. The molecule has 7 nitrogen and oxygen atoms in total. The minimum Gasteiger partial charge on any atom is -0.395 e. The summed E-state index contributed by atoms with van der Waals surface area (Å²) in [4.78, 5) is 17.9. The number of nitrogens with zero attached hydrogens (tertiary/aromatic N) is 2. The molecule has 0 saturated carbocycles. The molecule has 1 aromatic carbocycles. The monoisotopic (exact) mass is 335 g/mol. The van der Waals surface area contributed by atoms with Gasteiger partial charge in [0.2, 0.25) is 10.0 Å². The van der Waals surface area contributed by atoms with Crippen molar-refractivity contribution in [3.63, 3.8) is 0 Å². The average molecular weight is 335 g/mol. The number of rotatable bonds is 6. The summed E-state index contributed by atoms with van der Waals surface area (Å²) in [6.45, 7) is -0.351. The van der Waals surface area contributed by atoms with Gasteiger partial charge < -0.3 is 5.11 Å². The number of hydrogen-bond acceptors (Lipinski definition) is 5. The fourth-order valence-electron chi connectivity index (χ4n) is 1.89. The van der Waals surface area contributed by atoms with Crippen LogP contribution in [0, 0.1) is 0 Å². The summed E-state index contributed by atoms with van der Waals surface area (Å²) in [6.07, 6.45) is 1.58. The molecule has 8 heteroatoms. The van der Waals surface area contributed by atoms with Gasteiger partial charge in [-0.1, -0.05) is 6.07 Å². The number of amides is 1. The van der Waals surface area contributed by atoms with Crippen LogP contribution in [0.5, 0.6) is 0 Å². The van der Waals surface area contributed by atoms with Gasteiger partial charge in [-0.2, -0.15) is 0 Å². The fraction of sp³-hybridized carbons (Fsp3) is 0.200. The SMILES string of the molecule is CN(C(=O)c1ccc(S(=O)(=O)NCCO)cc1)c1ccccn1. The molecule has 0 aliphatic carbocycles. The molecular formula is C15H17N3O4S. The molecule has 0 saturated heterocycles. The summed E-state index contributed by atoms with van der Waals surface area (Å²) in [5.74, 6) is 0.203. The highest BCUT2D eigenvalue weighted by Crippen LogP contribution is 2.15. The Balaban J connectivity index is 2.18. The van der Waals surface area contributed by atoms with E-state index in [-0.39, 0.29) is 24.0 Å². The number of benzene rings is 1. The minimum atomic E-state index is -3.68. The van der Waals surface area contributed by atoms with Gasteiger partial charge >= 0.3 is 0 Å². The van der Waals surface area contributed by atoms with E-state index in [1.807, 2.05) is 0 Å². The van der Waals surface area contributed by atoms with E-state index in [4.69, 9.17) is 5.11 Å². The van der Waals surface area contributed by atoms with Crippen molar-refractivity contribution >= 4 is 21.7 Å². The van der Waals surface area contributed by atoms with Crippen LogP contribution < -0.4 is 9.62 Å². The third-order valence-corrected chi connectivity index (χ3v) is 4.59. The number of aromatic nitrogens is 1.